The summed E-state index contributed by atoms with van der Waals surface area (Å²) in [5, 5.41) is 13.1. The maximum atomic E-state index is 13.7. The lowest BCUT2D eigenvalue weighted by atomic mass is 10.1. The van der Waals surface area contributed by atoms with E-state index in [-0.39, 0.29) is 5.29 Å². The van der Waals surface area contributed by atoms with E-state index >= 15 is 0 Å². The molecule has 0 aliphatic carbocycles. The molecule has 4 nitrogen and oxygen atoms in total. The Labute approximate surface area is 189 Å². The molecule has 0 unspecified atom stereocenters. The summed E-state index contributed by atoms with van der Waals surface area (Å²) in [7, 11) is 0. The molecule has 3 aromatic carbocycles. The Morgan fingerprint density at radius 3 is 1.47 bits per heavy atom. The van der Waals surface area contributed by atoms with E-state index in [9.17, 15) is 14.9 Å². The van der Waals surface area contributed by atoms with Crippen LogP contribution in [0.4, 0.5) is 0 Å². The van der Waals surface area contributed by atoms with Crippen LogP contribution in [-0.2, 0) is 9.59 Å². The molecule has 1 aliphatic heterocycles. The maximum Gasteiger partial charge on any atom is 0.295 e. The van der Waals surface area contributed by atoms with Crippen LogP contribution in [0.25, 0.3) is 0 Å². The number of ketones is 1. The van der Waals surface area contributed by atoms with Crippen LogP contribution in [0, 0.1) is 11.3 Å². The fourth-order valence-corrected chi connectivity index (χ4v) is 8.49. The van der Waals surface area contributed by atoms with E-state index in [1.807, 2.05) is 91.0 Å². The molecule has 0 saturated carbocycles. The first-order valence-corrected chi connectivity index (χ1v) is 12.7. The van der Waals surface area contributed by atoms with Crippen molar-refractivity contribution in [2.45, 2.75) is 19.3 Å². The Hall–Kier alpha value is -3.41. The van der Waals surface area contributed by atoms with Gasteiger partial charge in [-0.15, -0.1) is 0 Å². The Morgan fingerprint density at radius 1 is 0.688 bits per heavy atom. The number of nitrogens with zero attached hydrogens (tertiary/aromatic N) is 2. The van der Waals surface area contributed by atoms with Crippen molar-refractivity contribution in [2.75, 3.05) is 13.1 Å². The van der Waals surface area contributed by atoms with E-state index in [4.69, 9.17) is 0 Å². The SMILES string of the molecule is N#CC(C(=O)C(=O)N1CCCCC1)=P(c1ccccc1)(c1ccccc1)c1ccccc1. The Kier molecular flexibility index (Phi) is 6.69. The summed E-state index contributed by atoms with van der Waals surface area (Å²) >= 11 is 0. The summed E-state index contributed by atoms with van der Waals surface area (Å²) < 4.78 is 0. The molecule has 5 heteroatoms. The van der Waals surface area contributed by atoms with Crippen molar-refractivity contribution in [1.82, 2.24) is 4.90 Å². The van der Waals surface area contributed by atoms with Crippen molar-refractivity contribution in [3.63, 3.8) is 0 Å². The average Bonchev–Trinajstić information content (AvgIpc) is 2.88. The molecule has 0 spiro atoms. The molecule has 4 rings (SSSR count). The van der Waals surface area contributed by atoms with Gasteiger partial charge < -0.3 is 4.90 Å². The fourth-order valence-electron chi connectivity index (χ4n) is 4.41. The Morgan fingerprint density at radius 2 is 1.09 bits per heavy atom. The smallest absolute Gasteiger partial charge is 0.295 e. The molecule has 0 bridgehead atoms. The van der Waals surface area contributed by atoms with Crippen LogP contribution in [-0.4, -0.2) is 35.0 Å². The normalized spacial score (nSPS) is 13.8. The third-order valence-corrected chi connectivity index (χ3v) is 10.1. The highest BCUT2D eigenvalue weighted by Gasteiger charge is 2.37. The second-order valence-corrected chi connectivity index (χ2v) is 11.2. The van der Waals surface area contributed by atoms with Crippen molar-refractivity contribution < 1.29 is 9.59 Å². The summed E-state index contributed by atoms with van der Waals surface area (Å²) in [4.78, 5) is 28.6. The second-order valence-electron chi connectivity index (χ2n) is 7.82. The molecule has 32 heavy (non-hydrogen) atoms. The number of nitriles is 1. The Balaban J connectivity index is 2.08. The third kappa shape index (κ3) is 3.93. The average molecular weight is 440 g/mol. The number of Topliss-reactive ketones (excluding diaryl/α,β-unsaturated/α-hetero) is 1. The van der Waals surface area contributed by atoms with Gasteiger partial charge in [0.05, 0.1) is 0 Å². The number of carbonyl (C=O) groups excluding carboxylic acids is 2. The lowest BCUT2D eigenvalue weighted by Gasteiger charge is -2.31. The number of amides is 1. The van der Waals surface area contributed by atoms with E-state index in [2.05, 4.69) is 6.07 Å². The monoisotopic (exact) mass is 440 g/mol. The second kappa shape index (κ2) is 9.81. The molecular weight excluding hydrogens is 415 g/mol. The van der Waals surface area contributed by atoms with Gasteiger partial charge in [0.2, 0.25) is 0 Å². The van der Waals surface area contributed by atoms with Gasteiger partial charge in [-0.05, 0) is 42.1 Å². The zero-order chi connectivity index (χ0) is 22.4. The molecule has 1 saturated heterocycles. The Bertz CT molecular complexity index is 1090. The van der Waals surface area contributed by atoms with E-state index in [1.54, 1.807) is 4.90 Å². The molecule has 1 fully saturated rings. The topological polar surface area (TPSA) is 61.2 Å². The molecule has 160 valence electrons. The quantitative estimate of drug-likeness (QED) is 0.452. The summed E-state index contributed by atoms with van der Waals surface area (Å²) in [5.41, 5.74) is 0. The first kappa shape index (κ1) is 21.8. The largest absolute Gasteiger partial charge is 0.336 e. The van der Waals surface area contributed by atoms with Crippen LogP contribution in [0.1, 0.15) is 19.3 Å². The number of likely N-dealkylation sites (tertiary alicyclic amines) is 1. The minimum atomic E-state index is -2.87. The van der Waals surface area contributed by atoms with E-state index in [1.165, 1.54) is 0 Å². The van der Waals surface area contributed by atoms with Gasteiger partial charge in [0.1, 0.15) is 11.4 Å². The first-order valence-electron chi connectivity index (χ1n) is 10.9. The van der Waals surface area contributed by atoms with Crippen LogP contribution in [0.5, 0.6) is 0 Å². The summed E-state index contributed by atoms with van der Waals surface area (Å²) in [5.74, 6) is -1.24. The van der Waals surface area contributed by atoms with Crippen LogP contribution < -0.4 is 15.9 Å². The molecule has 3 aromatic rings. The van der Waals surface area contributed by atoms with Gasteiger partial charge >= 0.3 is 0 Å². The van der Waals surface area contributed by atoms with Crippen LogP contribution in [0.3, 0.4) is 0 Å². The number of hydrogen-bond donors (Lipinski definition) is 0. The van der Waals surface area contributed by atoms with Gasteiger partial charge in [0.15, 0.2) is 0 Å². The van der Waals surface area contributed by atoms with Crippen molar-refractivity contribution in [3.05, 3.63) is 91.0 Å². The number of rotatable bonds is 5. The predicted molar refractivity (Wildman–Crippen MR) is 131 cm³/mol. The third-order valence-electron chi connectivity index (χ3n) is 5.92. The molecule has 0 N–H and O–H groups in total. The number of benzene rings is 3. The minimum Gasteiger partial charge on any atom is -0.336 e. The summed E-state index contributed by atoms with van der Waals surface area (Å²) in [6, 6.07) is 31.3. The number of piperidine rings is 1. The number of carbonyl (C=O) groups is 2. The minimum absolute atomic E-state index is 0.0386. The highest BCUT2D eigenvalue weighted by Crippen LogP contribution is 2.46. The molecule has 0 atom stereocenters. The van der Waals surface area contributed by atoms with Gasteiger partial charge in [-0.25, -0.2) is 0 Å². The standard InChI is InChI=1S/C27H25N2O2P/c28-21-25(26(30)27(31)29-19-11-4-12-20-29)32(22-13-5-1-6-14-22,23-15-7-2-8-16-23)24-17-9-3-10-18-24/h1-3,5-10,13-18H,4,11-12,19-20H2. The van der Waals surface area contributed by atoms with Crippen molar-refractivity contribution >= 4 is 39.8 Å². The van der Waals surface area contributed by atoms with Crippen molar-refractivity contribution in [1.29, 1.82) is 5.26 Å². The van der Waals surface area contributed by atoms with Crippen molar-refractivity contribution in [2.24, 2.45) is 0 Å². The van der Waals surface area contributed by atoms with Gasteiger partial charge in [-0.2, -0.15) is 5.26 Å². The van der Waals surface area contributed by atoms with E-state index in [0.29, 0.717) is 13.1 Å². The maximum absolute atomic E-state index is 13.7. The van der Waals surface area contributed by atoms with Crippen LogP contribution >= 0.6 is 6.89 Å². The lowest BCUT2D eigenvalue weighted by Crippen LogP contribution is -2.44. The highest BCUT2D eigenvalue weighted by molar-refractivity contribution is 7.97. The van der Waals surface area contributed by atoms with Gasteiger partial charge in [0, 0.05) is 13.1 Å². The van der Waals surface area contributed by atoms with Gasteiger partial charge in [-0.3, -0.25) is 9.59 Å². The zero-order valence-corrected chi connectivity index (χ0v) is 18.7. The molecular formula is C27H25N2O2P. The molecule has 1 amide bonds. The molecule has 0 radical (unpaired) electrons. The van der Waals surface area contributed by atoms with Crippen molar-refractivity contribution in [3.8, 4) is 6.07 Å². The summed E-state index contributed by atoms with van der Waals surface area (Å²) in [6.07, 6.45) is 2.83. The molecule has 1 aliphatic rings. The van der Waals surface area contributed by atoms with E-state index in [0.717, 1.165) is 35.2 Å². The molecule has 1 heterocycles. The zero-order valence-electron chi connectivity index (χ0n) is 17.9. The van der Waals surface area contributed by atoms with Crippen LogP contribution in [0.15, 0.2) is 91.0 Å². The fraction of sp³-hybridized carbons (Fsp3) is 0.185. The summed E-state index contributed by atoms with van der Waals surface area (Å²) in [6.45, 7) is -1.73. The number of hydrogen-bond acceptors (Lipinski definition) is 3. The molecule has 0 aromatic heterocycles. The van der Waals surface area contributed by atoms with Gasteiger partial charge in [0.25, 0.3) is 11.7 Å². The first-order chi connectivity index (χ1) is 15.7. The predicted octanol–water partition coefficient (Wildman–Crippen LogP) is 3.26. The van der Waals surface area contributed by atoms with Gasteiger partial charge in [-0.1, -0.05) is 91.0 Å². The lowest BCUT2D eigenvalue weighted by molar-refractivity contribution is -0.141. The van der Waals surface area contributed by atoms with E-state index < -0.39 is 18.6 Å². The highest BCUT2D eigenvalue weighted by atomic mass is 31.2. The van der Waals surface area contributed by atoms with Crippen LogP contribution in [0.2, 0.25) is 0 Å².